The monoisotopic (exact) mass is 234 g/mol. The molecule has 0 saturated heterocycles. The van der Waals surface area contributed by atoms with Gasteiger partial charge in [0, 0.05) is 24.3 Å². The molecule has 1 aromatic heterocycles. The minimum atomic E-state index is 0.0941. The molecule has 84 valence electrons. The molecule has 2 aromatic rings. The molecular weight excluding hydrogens is 220 g/mol. The van der Waals surface area contributed by atoms with E-state index in [1.54, 1.807) is 18.0 Å². The molecule has 0 atom stereocenters. The highest BCUT2D eigenvalue weighted by Crippen LogP contribution is 2.22. The smallest absolute Gasteiger partial charge is 0.118 e. The first-order chi connectivity index (χ1) is 7.79. The Bertz CT molecular complexity index is 468. The lowest BCUT2D eigenvalue weighted by molar-refractivity contribution is 0.281. The predicted octanol–water partition coefficient (Wildman–Crippen LogP) is 2.20. The van der Waals surface area contributed by atoms with Crippen molar-refractivity contribution >= 4 is 11.8 Å². The van der Waals surface area contributed by atoms with Gasteiger partial charge in [0.2, 0.25) is 0 Å². The number of hydrogen-bond donors (Lipinski definition) is 1. The van der Waals surface area contributed by atoms with E-state index < -0.39 is 0 Å². The summed E-state index contributed by atoms with van der Waals surface area (Å²) in [6.07, 6.45) is 3.75. The third-order valence-electron chi connectivity index (χ3n) is 2.37. The van der Waals surface area contributed by atoms with Crippen molar-refractivity contribution in [2.75, 3.05) is 0 Å². The van der Waals surface area contributed by atoms with Gasteiger partial charge in [0.25, 0.3) is 0 Å². The number of rotatable bonds is 4. The van der Waals surface area contributed by atoms with Gasteiger partial charge >= 0.3 is 0 Å². The normalized spacial score (nSPS) is 10.6. The van der Waals surface area contributed by atoms with E-state index in [4.69, 9.17) is 5.11 Å². The van der Waals surface area contributed by atoms with Crippen LogP contribution < -0.4 is 0 Å². The molecule has 0 radical (unpaired) electrons. The molecular formula is C12H14N2OS. The summed E-state index contributed by atoms with van der Waals surface area (Å²) in [6, 6.07) is 7.94. The summed E-state index contributed by atoms with van der Waals surface area (Å²) in [6.45, 7) is 0.0941. The highest BCUT2D eigenvalue weighted by Gasteiger charge is 2.01. The second-order valence-corrected chi connectivity index (χ2v) is 4.60. The largest absolute Gasteiger partial charge is 0.392 e. The van der Waals surface area contributed by atoms with Crippen LogP contribution in [-0.2, 0) is 19.4 Å². The fraction of sp³-hybridized carbons (Fsp3) is 0.250. The third kappa shape index (κ3) is 2.65. The zero-order valence-electron chi connectivity index (χ0n) is 9.13. The van der Waals surface area contributed by atoms with Crippen molar-refractivity contribution in [3.8, 4) is 0 Å². The minimum Gasteiger partial charge on any atom is -0.392 e. The summed E-state index contributed by atoms with van der Waals surface area (Å²) >= 11 is 1.73. The Morgan fingerprint density at radius 3 is 3.00 bits per heavy atom. The van der Waals surface area contributed by atoms with Crippen molar-refractivity contribution in [3.63, 3.8) is 0 Å². The molecule has 0 saturated carbocycles. The molecule has 1 N–H and O–H groups in total. The molecule has 0 amide bonds. The molecule has 0 spiro atoms. The quantitative estimate of drug-likeness (QED) is 0.824. The molecule has 16 heavy (non-hydrogen) atoms. The maximum atomic E-state index is 9.03. The third-order valence-corrected chi connectivity index (χ3v) is 3.36. The summed E-state index contributed by atoms with van der Waals surface area (Å²) in [5.41, 5.74) is 0.949. The summed E-state index contributed by atoms with van der Waals surface area (Å²) in [4.78, 5) is 5.43. The van der Waals surface area contributed by atoms with E-state index in [1.165, 1.54) is 0 Å². The number of aryl methyl sites for hydroxylation is 1. The first-order valence-electron chi connectivity index (χ1n) is 5.08. The maximum absolute atomic E-state index is 9.03. The van der Waals surface area contributed by atoms with Crippen molar-refractivity contribution < 1.29 is 5.11 Å². The van der Waals surface area contributed by atoms with Crippen LogP contribution in [-0.4, -0.2) is 14.7 Å². The lowest BCUT2D eigenvalue weighted by Gasteiger charge is -2.03. The Morgan fingerprint density at radius 2 is 2.31 bits per heavy atom. The van der Waals surface area contributed by atoms with Crippen LogP contribution in [0.3, 0.4) is 0 Å². The van der Waals surface area contributed by atoms with Crippen LogP contribution in [0.2, 0.25) is 0 Å². The first kappa shape index (κ1) is 11.2. The Kier molecular flexibility index (Phi) is 3.64. The number of aliphatic hydroxyl groups is 1. The Balaban J connectivity index is 2.02. The molecule has 1 aromatic carbocycles. The first-order valence-corrected chi connectivity index (χ1v) is 6.07. The summed E-state index contributed by atoms with van der Waals surface area (Å²) in [7, 11) is 1.99. The van der Waals surface area contributed by atoms with E-state index >= 15 is 0 Å². The average molecular weight is 234 g/mol. The van der Waals surface area contributed by atoms with Gasteiger partial charge in [-0.25, -0.2) is 4.98 Å². The van der Waals surface area contributed by atoms with Gasteiger partial charge in [0.15, 0.2) is 0 Å². The zero-order valence-corrected chi connectivity index (χ0v) is 9.94. The van der Waals surface area contributed by atoms with Crippen molar-refractivity contribution in [1.29, 1.82) is 0 Å². The number of imidazole rings is 1. The van der Waals surface area contributed by atoms with Gasteiger partial charge in [-0.05, 0) is 17.7 Å². The maximum Gasteiger partial charge on any atom is 0.118 e. The number of aliphatic hydroxyl groups excluding tert-OH is 1. The number of thioether (sulfide) groups is 1. The van der Waals surface area contributed by atoms with Crippen LogP contribution in [0, 0.1) is 0 Å². The molecule has 1 heterocycles. The molecule has 4 heteroatoms. The molecule has 0 aliphatic rings. The van der Waals surface area contributed by atoms with Gasteiger partial charge in [-0.2, -0.15) is 0 Å². The topological polar surface area (TPSA) is 38.0 Å². The van der Waals surface area contributed by atoms with Crippen molar-refractivity contribution in [2.45, 2.75) is 17.3 Å². The zero-order chi connectivity index (χ0) is 11.4. The van der Waals surface area contributed by atoms with Gasteiger partial charge in [-0.3, -0.25) is 0 Å². The van der Waals surface area contributed by atoms with E-state index in [2.05, 4.69) is 4.98 Å². The predicted molar refractivity (Wildman–Crippen MR) is 65.1 cm³/mol. The fourth-order valence-corrected chi connectivity index (χ4v) is 2.40. The van der Waals surface area contributed by atoms with Gasteiger partial charge in [-0.1, -0.05) is 12.1 Å². The number of benzene rings is 1. The van der Waals surface area contributed by atoms with Crippen LogP contribution in [0.25, 0.3) is 0 Å². The molecule has 0 fully saturated rings. The minimum absolute atomic E-state index is 0.0941. The Morgan fingerprint density at radius 1 is 1.44 bits per heavy atom. The van der Waals surface area contributed by atoms with Crippen molar-refractivity contribution in [1.82, 2.24) is 9.55 Å². The fourth-order valence-electron chi connectivity index (χ4n) is 1.42. The van der Waals surface area contributed by atoms with Crippen LogP contribution in [0.5, 0.6) is 0 Å². The van der Waals surface area contributed by atoms with Gasteiger partial charge in [-0.15, -0.1) is 11.8 Å². The average Bonchev–Trinajstić information content (AvgIpc) is 2.72. The van der Waals surface area contributed by atoms with Crippen LogP contribution >= 0.6 is 11.8 Å². The van der Waals surface area contributed by atoms with E-state index in [0.29, 0.717) is 0 Å². The van der Waals surface area contributed by atoms with E-state index in [-0.39, 0.29) is 6.61 Å². The molecule has 0 aliphatic heterocycles. The van der Waals surface area contributed by atoms with Crippen LogP contribution in [0.4, 0.5) is 0 Å². The van der Waals surface area contributed by atoms with Crippen molar-refractivity contribution in [2.24, 2.45) is 7.05 Å². The number of aromatic nitrogens is 2. The molecule has 0 bridgehead atoms. The molecule has 3 nitrogen and oxygen atoms in total. The Labute approximate surface area is 99.1 Å². The highest BCUT2D eigenvalue weighted by atomic mass is 32.2. The van der Waals surface area contributed by atoms with Crippen LogP contribution in [0.15, 0.2) is 41.6 Å². The van der Waals surface area contributed by atoms with E-state index in [0.717, 1.165) is 22.0 Å². The SMILES string of the molecule is Cn1ccnc1CSc1cccc(CO)c1. The summed E-state index contributed by atoms with van der Waals surface area (Å²) in [5.74, 6) is 1.90. The lowest BCUT2D eigenvalue weighted by Crippen LogP contribution is -1.94. The van der Waals surface area contributed by atoms with Crippen molar-refractivity contribution in [3.05, 3.63) is 48.0 Å². The van der Waals surface area contributed by atoms with Gasteiger partial charge in [0.05, 0.1) is 12.4 Å². The van der Waals surface area contributed by atoms with Gasteiger partial charge < -0.3 is 9.67 Å². The Hall–Kier alpha value is -1.26. The second kappa shape index (κ2) is 5.18. The van der Waals surface area contributed by atoms with Gasteiger partial charge in [0.1, 0.15) is 5.82 Å². The number of nitrogens with zero attached hydrogens (tertiary/aromatic N) is 2. The standard InChI is InChI=1S/C12H14N2OS/c1-14-6-5-13-12(14)9-16-11-4-2-3-10(7-11)8-15/h2-7,15H,8-9H2,1H3. The molecule has 0 aliphatic carbocycles. The molecule has 0 unspecified atom stereocenters. The molecule has 2 rings (SSSR count). The summed E-state index contributed by atoms with van der Waals surface area (Å²) in [5, 5.41) is 9.03. The highest BCUT2D eigenvalue weighted by molar-refractivity contribution is 7.98. The lowest BCUT2D eigenvalue weighted by atomic mass is 10.2. The number of hydrogen-bond acceptors (Lipinski definition) is 3. The van der Waals surface area contributed by atoms with E-state index in [1.807, 2.05) is 42.1 Å². The summed E-state index contributed by atoms with van der Waals surface area (Å²) < 4.78 is 2.02. The second-order valence-electron chi connectivity index (χ2n) is 3.55. The van der Waals surface area contributed by atoms with E-state index in [9.17, 15) is 0 Å². The van der Waals surface area contributed by atoms with Crippen LogP contribution in [0.1, 0.15) is 11.4 Å².